The molecule has 1 nitrogen and oxygen atoms in total. The lowest BCUT2D eigenvalue weighted by molar-refractivity contribution is 0.102. The van der Waals surface area contributed by atoms with Gasteiger partial charge in [-0.1, -0.05) is 23.2 Å². The van der Waals surface area contributed by atoms with Gasteiger partial charge >= 0.3 is 0 Å². The molecule has 16 heavy (non-hydrogen) atoms. The predicted octanol–water partition coefficient (Wildman–Crippen LogP) is 4.92. The second-order valence-corrected chi connectivity index (χ2v) is 5.27. The van der Waals surface area contributed by atoms with Gasteiger partial charge in [0.05, 0.1) is 4.88 Å². The number of rotatable bonds is 2. The van der Waals surface area contributed by atoms with E-state index in [1.165, 1.54) is 11.3 Å². The fraction of sp³-hybridized carbons (Fsp3) is 0.0833. The molecule has 0 atom stereocenters. The number of halogens is 2. The predicted molar refractivity (Wildman–Crippen MR) is 69.8 cm³/mol. The van der Waals surface area contributed by atoms with E-state index in [4.69, 9.17) is 23.2 Å². The molecule has 82 valence electrons. The van der Waals surface area contributed by atoms with Crippen LogP contribution in [0.15, 0.2) is 30.3 Å². The molecule has 0 N–H and O–H groups in total. The van der Waals surface area contributed by atoms with Crippen molar-refractivity contribution in [3.05, 3.63) is 45.3 Å². The van der Waals surface area contributed by atoms with Gasteiger partial charge in [0.25, 0.3) is 0 Å². The van der Waals surface area contributed by atoms with Gasteiger partial charge in [-0.3, -0.25) is 4.79 Å². The largest absolute Gasteiger partial charge is 0.294 e. The lowest BCUT2D eigenvalue weighted by Gasteiger charge is -2.01. The Morgan fingerprint density at radius 1 is 1.19 bits per heavy atom. The first kappa shape index (κ1) is 11.6. The van der Waals surface area contributed by atoms with Gasteiger partial charge in [-0.2, -0.15) is 0 Å². The zero-order valence-corrected chi connectivity index (χ0v) is 10.8. The van der Waals surface area contributed by atoms with Crippen LogP contribution in [-0.4, -0.2) is 5.78 Å². The Morgan fingerprint density at radius 3 is 2.56 bits per heavy atom. The Balaban J connectivity index is 2.50. The Kier molecular flexibility index (Phi) is 3.33. The second kappa shape index (κ2) is 4.58. The zero-order chi connectivity index (χ0) is 11.7. The molecule has 2 aromatic rings. The summed E-state index contributed by atoms with van der Waals surface area (Å²) in [7, 11) is 0. The van der Waals surface area contributed by atoms with E-state index in [-0.39, 0.29) is 5.78 Å². The molecule has 4 heteroatoms. The molecule has 0 bridgehead atoms. The molecule has 0 saturated heterocycles. The van der Waals surface area contributed by atoms with Crippen molar-refractivity contribution in [3.8, 4) is 10.4 Å². The monoisotopic (exact) mass is 270 g/mol. The van der Waals surface area contributed by atoms with Crippen LogP contribution in [0.2, 0.25) is 10.0 Å². The summed E-state index contributed by atoms with van der Waals surface area (Å²) in [5.74, 6) is 0.0643. The van der Waals surface area contributed by atoms with Gasteiger partial charge in [0.15, 0.2) is 5.78 Å². The van der Waals surface area contributed by atoms with Crippen LogP contribution < -0.4 is 0 Å². The average Bonchev–Trinajstić information content (AvgIpc) is 2.70. The van der Waals surface area contributed by atoms with Crippen LogP contribution in [0.3, 0.4) is 0 Å². The molecule has 0 fully saturated rings. The molecule has 0 unspecified atom stereocenters. The van der Waals surface area contributed by atoms with Crippen molar-refractivity contribution in [2.45, 2.75) is 6.92 Å². The highest BCUT2D eigenvalue weighted by Crippen LogP contribution is 2.35. The van der Waals surface area contributed by atoms with Gasteiger partial charge in [0, 0.05) is 20.5 Å². The van der Waals surface area contributed by atoms with E-state index in [1.807, 2.05) is 6.07 Å². The normalized spacial score (nSPS) is 10.4. The summed E-state index contributed by atoms with van der Waals surface area (Å²) < 4.78 is 0. The van der Waals surface area contributed by atoms with Gasteiger partial charge in [0.2, 0.25) is 0 Å². The Hall–Kier alpha value is -0.830. The molecular weight excluding hydrogens is 263 g/mol. The molecule has 0 amide bonds. The Morgan fingerprint density at radius 2 is 1.94 bits per heavy atom. The Bertz CT molecular complexity index is 546. The molecule has 0 aliphatic rings. The van der Waals surface area contributed by atoms with Crippen LogP contribution in [0.25, 0.3) is 10.4 Å². The first-order valence-electron chi connectivity index (χ1n) is 4.64. The molecule has 1 heterocycles. The topological polar surface area (TPSA) is 17.1 Å². The molecule has 0 aliphatic heterocycles. The van der Waals surface area contributed by atoms with Crippen molar-refractivity contribution in [1.82, 2.24) is 0 Å². The minimum Gasteiger partial charge on any atom is -0.294 e. The summed E-state index contributed by atoms with van der Waals surface area (Å²) in [6.45, 7) is 1.55. The fourth-order valence-corrected chi connectivity index (χ4v) is 2.74. The summed E-state index contributed by atoms with van der Waals surface area (Å²) in [4.78, 5) is 12.9. The maximum atomic E-state index is 11.2. The number of benzene rings is 1. The quantitative estimate of drug-likeness (QED) is 0.708. The van der Waals surface area contributed by atoms with Crippen LogP contribution in [-0.2, 0) is 0 Å². The van der Waals surface area contributed by atoms with Crippen molar-refractivity contribution in [3.63, 3.8) is 0 Å². The van der Waals surface area contributed by atoms with E-state index >= 15 is 0 Å². The van der Waals surface area contributed by atoms with Crippen LogP contribution in [0.5, 0.6) is 0 Å². The first-order valence-corrected chi connectivity index (χ1v) is 6.21. The van der Waals surface area contributed by atoms with Gasteiger partial charge in [-0.25, -0.2) is 0 Å². The summed E-state index contributed by atoms with van der Waals surface area (Å²) in [6.07, 6.45) is 0. The Labute approximate surface area is 108 Å². The highest BCUT2D eigenvalue weighted by molar-refractivity contribution is 7.17. The third-order valence-corrected chi connectivity index (χ3v) is 3.93. The van der Waals surface area contributed by atoms with Gasteiger partial charge in [-0.05, 0) is 37.3 Å². The zero-order valence-electron chi connectivity index (χ0n) is 8.46. The number of carbonyl (C=O) groups excluding carboxylic acids is 1. The molecule has 0 radical (unpaired) electrons. The summed E-state index contributed by atoms with van der Waals surface area (Å²) >= 11 is 13.4. The third-order valence-electron chi connectivity index (χ3n) is 2.15. The SMILES string of the molecule is CC(=O)c1ccc(-c2cc(Cl)ccc2Cl)s1. The lowest BCUT2D eigenvalue weighted by atomic mass is 10.2. The lowest BCUT2D eigenvalue weighted by Crippen LogP contribution is -1.83. The number of ketones is 1. The summed E-state index contributed by atoms with van der Waals surface area (Å²) in [5, 5.41) is 1.28. The van der Waals surface area contributed by atoms with Crippen molar-refractivity contribution in [2.75, 3.05) is 0 Å². The number of hydrogen-bond donors (Lipinski definition) is 0. The summed E-state index contributed by atoms with van der Waals surface area (Å²) in [5.41, 5.74) is 0.867. The molecule has 0 aliphatic carbocycles. The minimum absolute atomic E-state index is 0.0643. The summed E-state index contributed by atoms with van der Waals surface area (Å²) in [6, 6.07) is 9.00. The third kappa shape index (κ3) is 2.29. The van der Waals surface area contributed by atoms with Crippen molar-refractivity contribution >= 4 is 40.3 Å². The van der Waals surface area contributed by atoms with E-state index in [1.54, 1.807) is 31.2 Å². The standard InChI is InChI=1S/C12H8Cl2OS/c1-7(15)11-4-5-12(16-11)9-6-8(13)2-3-10(9)14/h2-6H,1H3. The fourth-order valence-electron chi connectivity index (χ4n) is 1.36. The van der Waals surface area contributed by atoms with Crippen LogP contribution in [0, 0.1) is 0 Å². The van der Waals surface area contributed by atoms with Gasteiger partial charge in [-0.15, -0.1) is 11.3 Å². The van der Waals surface area contributed by atoms with E-state index in [2.05, 4.69) is 0 Å². The molecule has 2 rings (SSSR count). The van der Waals surface area contributed by atoms with Crippen LogP contribution in [0.1, 0.15) is 16.6 Å². The van der Waals surface area contributed by atoms with Crippen molar-refractivity contribution in [1.29, 1.82) is 0 Å². The molecule has 1 aromatic carbocycles. The van der Waals surface area contributed by atoms with Crippen molar-refractivity contribution in [2.24, 2.45) is 0 Å². The second-order valence-electron chi connectivity index (χ2n) is 3.34. The van der Waals surface area contributed by atoms with E-state index in [0.29, 0.717) is 10.0 Å². The maximum Gasteiger partial charge on any atom is 0.169 e. The average molecular weight is 271 g/mol. The molecule has 0 saturated carbocycles. The van der Waals surface area contributed by atoms with E-state index in [0.717, 1.165) is 15.3 Å². The number of thiophene rings is 1. The van der Waals surface area contributed by atoms with E-state index in [9.17, 15) is 4.79 Å². The number of carbonyl (C=O) groups is 1. The van der Waals surface area contributed by atoms with Gasteiger partial charge < -0.3 is 0 Å². The smallest absolute Gasteiger partial charge is 0.169 e. The van der Waals surface area contributed by atoms with Crippen LogP contribution in [0.4, 0.5) is 0 Å². The maximum absolute atomic E-state index is 11.2. The molecule has 1 aromatic heterocycles. The molecular formula is C12H8Cl2OS. The number of Topliss-reactive ketones (excluding diaryl/α,β-unsaturated/α-hetero) is 1. The molecule has 0 spiro atoms. The highest BCUT2D eigenvalue weighted by atomic mass is 35.5. The number of hydrogen-bond acceptors (Lipinski definition) is 2. The van der Waals surface area contributed by atoms with Gasteiger partial charge in [0.1, 0.15) is 0 Å². The minimum atomic E-state index is 0.0643. The van der Waals surface area contributed by atoms with Crippen LogP contribution >= 0.6 is 34.5 Å². The highest BCUT2D eigenvalue weighted by Gasteiger charge is 2.09. The first-order chi connectivity index (χ1) is 7.58. The van der Waals surface area contributed by atoms with Crippen molar-refractivity contribution < 1.29 is 4.79 Å². The van der Waals surface area contributed by atoms with E-state index < -0.39 is 0 Å².